The van der Waals surface area contributed by atoms with Gasteiger partial charge in [0, 0.05) is 18.4 Å². The predicted octanol–water partition coefficient (Wildman–Crippen LogP) is 2.64. The smallest absolute Gasteiger partial charge is 0.123 e. The molecule has 3 heteroatoms. The quantitative estimate of drug-likeness (QED) is 0.772. The van der Waals surface area contributed by atoms with Gasteiger partial charge >= 0.3 is 0 Å². The van der Waals surface area contributed by atoms with Gasteiger partial charge < -0.3 is 10.3 Å². The molecule has 2 saturated carbocycles. The van der Waals surface area contributed by atoms with E-state index in [1.807, 2.05) is 12.4 Å². The molecule has 2 fully saturated rings. The maximum absolute atomic E-state index is 4.38. The summed E-state index contributed by atoms with van der Waals surface area (Å²) < 4.78 is 0. The zero-order valence-electron chi connectivity index (χ0n) is 9.95. The van der Waals surface area contributed by atoms with E-state index in [4.69, 9.17) is 0 Å². The van der Waals surface area contributed by atoms with Crippen LogP contribution in [0, 0.1) is 11.8 Å². The number of imidazole rings is 1. The maximum Gasteiger partial charge on any atom is 0.123 e. The third-order valence-corrected chi connectivity index (χ3v) is 3.91. The average Bonchev–Trinajstić information content (AvgIpc) is 3.21. The number of nitrogens with zero attached hydrogens (tertiary/aromatic N) is 1. The molecule has 16 heavy (non-hydrogen) atoms. The Labute approximate surface area is 97.0 Å². The lowest BCUT2D eigenvalue weighted by atomic mass is 10.0. The van der Waals surface area contributed by atoms with E-state index >= 15 is 0 Å². The topological polar surface area (TPSA) is 40.7 Å². The van der Waals surface area contributed by atoms with E-state index in [0.717, 1.165) is 30.1 Å². The van der Waals surface area contributed by atoms with Crippen molar-refractivity contribution in [3.8, 4) is 0 Å². The molecule has 0 aromatic carbocycles. The molecule has 0 saturated heterocycles. The first-order valence-corrected chi connectivity index (χ1v) is 6.63. The number of hydrogen-bond acceptors (Lipinski definition) is 2. The van der Waals surface area contributed by atoms with Crippen molar-refractivity contribution < 1.29 is 0 Å². The molecule has 2 aliphatic carbocycles. The third-order valence-electron chi connectivity index (χ3n) is 3.91. The van der Waals surface area contributed by atoms with Crippen LogP contribution >= 0.6 is 0 Å². The lowest BCUT2D eigenvalue weighted by Gasteiger charge is -2.23. The molecule has 88 valence electrons. The summed E-state index contributed by atoms with van der Waals surface area (Å²) in [4.78, 5) is 7.62. The Kier molecular flexibility index (Phi) is 2.72. The van der Waals surface area contributed by atoms with Gasteiger partial charge in [-0.15, -0.1) is 0 Å². The van der Waals surface area contributed by atoms with E-state index in [2.05, 4.69) is 22.2 Å². The van der Waals surface area contributed by atoms with Gasteiger partial charge in [-0.3, -0.25) is 0 Å². The molecule has 1 heterocycles. The minimum absolute atomic E-state index is 0.418. The summed E-state index contributed by atoms with van der Waals surface area (Å²) in [5.41, 5.74) is 0. The fourth-order valence-electron chi connectivity index (χ4n) is 2.66. The molecular formula is C13H21N3. The van der Waals surface area contributed by atoms with Crippen molar-refractivity contribution in [1.29, 1.82) is 0 Å². The van der Waals surface area contributed by atoms with Crippen molar-refractivity contribution in [2.45, 2.75) is 51.1 Å². The number of hydrogen-bond donors (Lipinski definition) is 2. The normalized spacial score (nSPS) is 22.6. The van der Waals surface area contributed by atoms with Crippen LogP contribution in [0.15, 0.2) is 12.4 Å². The first-order valence-electron chi connectivity index (χ1n) is 6.63. The van der Waals surface area contributed by atoms with E-state index in [1.54, 1.807) is 0 Å². The Morgan fingerprint density at radius 2 is 2.06 bits per heavy atom. The molecule has 1 unspecified atom stereocenters. The van der Waals surface area contributed by atoms with Gasteiger partial charge in [0.15, 0.2) is 0 Å². The fourth-order valence-corrected chi connectivity index (χ4v) is 2.66. The number of aromatic nitrogens is 2. The monoisotopic (exact) mass is 219 g/mol. The largest absolute Gasteiger partial charge is 0.347 e. The van der Waals surface area contributed by atoms with Gasteiger partial charge in [0.25, 0.3) is 0 Å². The van der Waals surface area contributed by atoms with E-state index in [9.17, 15) is 0 Å². The van der Waals surface area contributed by atoms with Gasteiger partial charge in [-0.2, -0.15) is 0 Å². The Balaban J connectivity index is 1.66. The number of H-pyrrole nitrogens is 1. The molecule has 3 rings (SSSR count). The van der Waals surface area contributed by atoms with Crippen LogP contribution in [0.1, 0.15) is 50.9 Å². The van der Waals surface area contributed by atoms with Gasteiger partial charge in [0.05, 0.1) is 6.04 Å². The summed E-state index contributed by atoms with van der Waals surface area (Å²) in [6, 6.07) is 1.18. The van der Waals surface area contributed by atoms with Crippen molar-refractivity contribution in [3.63, 3.8) is 0 Å². The van der Waals surface area contributed by atoms with E-state index in [0.29, 0.717) is 6.04 Å². The Morgan fingerprint density at radius 3 is 2.50 bits per heavy atom. The molecule has 0 aliphatic heterocycles. The molecule has 1 atom stereocenters. The lowest BCUT2D eigenvalue weighted by Crippen LogP contribution is -2.36. The molecule has 0 amide bonds. The van der Waals surface area contributed by atoms with Crippen molar-refractivity contribution in [1.82, 2.24) is 15.3 Å². The Bertz CT molecular complexity index is 313. The standard InChI is InChI=1S/C13H21N3/c1-2-11(13-14-7-8-15-13)16-12(9-3-4-9)10-5-6-10/h7-12,16H,2-6H2,1H3,(H,14,15). The third kappa shape index (κ3) is 2.14. The van der Waals surface area contributed by atoms with E-state index < -0.39 is 0 Å². The second-order valence-electron chi connectivity index (χ2n) is 5.30. The van der Waals surface area contributed by atoms with Crippen LogP contribution in [0.3, 0.4) is 0 Å². The van der Waals surface area contributed by atoms with E-state index in [1.165, 1.54) is 25.7 Å². The molecule has 3 nitrogen and oxygen atoms in total. The highest BCUT2D eigenvalue weighted by Gasteiger charge is 2.42. The summed E-state index contributed by atoms with van der Waals surface area (Å²) in [6.07, 6.45) is 10.6. The van der Waals surface area contributed by atoms with Crippen LogP contribution in [-0.4, -0.2) is 16.0 Å². The second kappa shape index (κ2) is 4.21. The van der Waals surface area contributed by atoms with Crippen LogP contribution in [0.5, 0.6) is 0 Å². The van der Waals surface area contributed by atoms with Crippen molar-refractivity contribution in [3.05, 3.63) is 18.2 Å². The van der Waals surface area contributed by atoms with Crippen LogP contribution in [0.4, 0.5) is 0 Å². The highest BCUT2D eigenvalue weighted by atomic mass is 15.0. The molecule has 2 aliphatic rings. The minimum atomic E-state index is 0.418. The van der Waals surface area contributed by atoms with Crippen LogP contribution < -0.4 is 5.32 Å². The first kappa shape index (κ1) is 10.3. The second-order valence-corrected chi connectivity index (χ2v) is 5.30. The summed E-state index contributed by atoms with van der Waals surface area (Å²) in [5, 5.41) is 3.84. The lowest BCUT2D eigenvalue weighted by molar-refractivity contribution is 0.352. The van der Waals surface area contributed by atoms with Gasteiger partial charge in [0.1, 0.15) is 5.82 Å². The first-order chi connectivity index (χ1) is 7.88. The molecule has 1 aromatic rings. The summed E-state index contributed by atoms with van der Waals surface area (Å²) >= 11 is 0. The van der Waals surface area contributed by atoms with Gasteiger partial charge in [-0.1, -0.05) is 6.92 Å². The minimum Gasteiger partial charge on any atom is -0.347 e. The van der Waals surface area contributed by atoms with E-state index in [-0.39, 0.29) is 0 Å². The average molecular weight is 219 g/mol. The zero-order chi connectivity index (χ0) is 11.0. The number of aromatic amines is 1. The SMILES string of the molecule is CCC(NC(C1CC1)C1CC1)c1ncc[nH]1. The van der Waals surface area contributed by atoms with Gasteiger partial charge in [-0.05, 0) is 43.9 Å². The number of nitrogens with one attached hydrogen (secondary N) is 2. The Hall–Kier alpha value is -0.830. The highest BCUT2D eigenvalue weighted by molar-refractivity contribution is 5.02. The molecular weight excluding hydrogens is 198 g/mol. The highest BCUT2D eigenvalue weighted by Crippen LogP contribution is 2.45. The van der Waals surface area contributed by atoms with Gasteiger partial charge in [0.2, 0.25) is 0 Å². The zero-order valence-corrected chi connectivity index (χ0v) is 9.95. The Morgan fingerprint density at radius 1 is 1.38 bits per heavy atom. The summed E-state index contributed by atoms with van der Waals surface area (Å²) in [5.74, 6) is 3.02. The maximum atomic E-state index is 4.38. The summed E-state index contributed by atoms with van der Waals surface area (Å²) in [7, 11) is 0. The predicted molar refractivity (Wildman–Crippen MR) is 64.0 cm³/mol. The van der Waals surface area contributed by atoms with Crippen molar-refractivity contribution in [2.75, 3.05) is 0 Å². The van der Waals surface area contributed by atoms with Crippen LogP contribution in [0.2, 0.25) is 0 Å². The fraction of sp³-hybridized carbons (Fsp3) is 0.769. The number of rotatable bonds is 6. The van der Waals surface area contributed by atoms with Crippen LogP contribution in [-0.2, 0) is 0 Å². The molecule has 1 aromatic heterocycles. The van der Waals surface area contributed by atoms with Crippen molar-refractivity contribution in [2.24, 2.45) is 11.8 Å². The molecule has 0 bridgehead atoms. The molecule has 0 radical (unpaired) electrons. The van der Waals surface area contributed by atoms with Crippen LogP contribution in [0.25, 0.3) is 0 Å². The van der Waals surface area contributed by atoms with Gasteiger partial charge in [-0.25, -0.2) is 4.98 Å². The molecule has 0 spiro atoms. The molecule has 2 N–H and O–H groups in total. The van der Waals surface area contributed by atoms with Crippen molar-refractivity contribution >= 4 is 0 Å². The summed E-state index contributed by atoms with van der Waals surface area (Å²) in [6.45, 7) is 2.23.